The molecule has 6 heteroatoms. The molecule has 4 N–H and O–H groups in total. The van der Waals surface area contributed by atoms with E-state index < -0.39 is 23.3 Å². The van der Waals surface area contributed by atoms with Gasteiger partial charge in [0.1, 0.15) is 6.10 Å². The zero-order valence-corrected chi connectivity index (χ0v) is 5.47. The molecule has 0 heterocycles. The molecule has 60 valence electrons. The van der Waals surface area contributed by atoms with Gasteiger partial charge in [-0.3, -0.25) is 10.1 Å². The summed E-state index contributed by atoms with van der Waals surface area (Å²) < 4.78 is 0. The van der Waals surface area contributed by atoms with Crippen molar-refractivity contribution in [1.82, 2.24) is 0 Å². The predicted octanol–water partition coefficient (Wildman–Crippen LogP) is -1.71. The number of nitrogens with zero attached hydrogens (tertiary/aromatic N) is 1. The third kappa shape index (κ3) is 2.26. The lowest BCUT2D eigenvalue weighted by Gasteiger charge is -2.13. The minimum absolute atomic E-state index is 0.810. The maximum absolute atomic E-state index is 9.99. The fourth-order valence-electron chi connectivity index (χ4n) is 0.586. The van der Waals surface area contributed by atoms with Gasteiger partial charge in [0, 0.05) is 4.92 Å². The number of nitrogens with two attached hydrogens (primary N) is 1. The molecule has 0 bridgehead atoms. The van der Waals surface area contributed by atoms with E-state index in [9.17, 15) is 10.1 Å². The van der Waals surface area contributed by atoms with Gasteiger partial charge < -0.3 is 15.9 Å². The smallest absolute Gasteiger partial charge is 0.276 e. The van der Waals surface area contributed by atoms with Crippen molar-refractivity contribution in [3.8, 4) is 0 Å². The van der Waals surface area contributed by atoms with Crippen molar-refractivity contribution in [2.45, 2.75) is 25.3 Å². The Hall–Kier alpha value is -0.720. The van der Waals surface area contributed by atoms with Gasteiger partial charge >= 0.3 is 0 Å². The molecule has 0 aromatic heterocycles. The molecule has 10 heavy (non-hydrogen) atoms. The molecule has 0 rings (SSSR count). The van der Waals surface area contributed by atoms with Gasteiger partial charge in [0.2, 0.25) is 0 Å². The van der Waals surface area contributed by atoms with E-state index in [1.165, 1.54) is 6.92 Å². The van der Waals surface area contributed by atoms with Gasteiger partial charge in [-0.05, 0) is 6.92 Å². The lowest BCUT2D eigenvalue weighted by Crippen LogP contribution is -2.46. The first kappa shape index (κ1) is 9.28. The number of aliphatic hydroxyl groups is 2. The highest BCUT2D eigenvalue weighted by molar-refractivity contribution is 4.67. The number of nitro groups is 1. The quantitative estimate of drug-likeness (QED) is 0.252. The lowest BCUT2D eigenvalue weighted by molar-refractivity contribution is -0.545. The standard InChI is InChI=1S/C4H10N2O4/c1-2(7)3(4(5)8)6(9)10/h2-4,7-8H,5H2,1H3. The molecule has 0 aromatic rings. The molecule has 0 saturated carbocycles. The summed E-state index contributed by atoms with van der Waals surface area (Å²) in [5.41, 5.74) is 4.79. The van der Waals surface area contributed by atoms with E-state index in [1.54, 1.807) is 0 Å². The molecule has 0 saturated heterocycles. The first-order valence-corrected chi connectivity index (χ1v) is 2.72. The van der Waals surface area contributed by atoms with Crippen molar-refractivity contribution in [1.29, 1.82) is 0 Å². The summed E-state index contributed by atoms with van der Waals surface area (Å²) in [6, 6.07) is -1.50. The van der Waals surface area contributed by atoms with Gasteiger partial charge in [0.05, 0.1) is 0 Å². The van der Waals surface area contributed by atoms with Crippen LogP contribution in [-0.4, -0.2) is 33.5 Å². The third-order valence-corrected chi connectivity index (χ3v) is 1.09. The maximum atomic E-state index is 9.99. The first-order chi connectivity index (χ1) is 4.46. The summed E-state index contributed by atoms with van der Waals surface area (Å²) in [6.07, 6.45) is -2.86. The van der Waals surface area contributed by atoms with Gasteiger partial charge in [-0.1, -0.05) is 0 Å². The Morgan fingerprint density at radius 2 is 2.00 bits per heavy atom. The SMILES string of the molecule is CC(O)C(C(N)O)[N+](=O)[O-]. The van der Waals surface area contributed by atoms with E-state index >= 15 is 0 Å². The average Bonchev–Trinajstić information content (AvgIpc) is 1.59. The number of aliphatic hydroxyl groups excluding tert-OH is 2. The minimum Gasteiger partial charge on any atom is -0.386 e. The van der Waals surface area contributed by atoms with E-state index in [0.29, 0.717) is 0 Å². The lowest BCUT2D eigenvalue weighted by atomic mass is 10.2. The minimum atomic E-state index is -1.62. The molecule has 0 radical (unpaired) electrons. The van der Waals surface area contributed by atoms with E-state index in [2.05, 4.69) is 0 Å². The largest absolute Gasteiger partial charge is 0.386 e. The highest BCUT2D eigenvalue weighted by atomic mass is 16.6. The molecule has 0 aliphatic rings. The summed E-state index contributed by atoms with van der Waals surface area (Å²) >= 11 is 0. The van der Waals surface area contributed by atoms with Gasteiger partial charge in [-0.2, -0.15) is 0 Å². The number of hydrogen-bond donors (Lipinski definition) is 3. The first-order valence-electron chi connectivity index (χ1n) is 2.72. The van der Waals surface area contributed by atoms with Crippen LogP contribution in [0.1, 0.15) is 6.92 Å². The van der Waals surface area contributed by atoms with Crippen LogP contribution in [0.15, 0.2) is 0 Å². The molecule has 3 unspecified atom stereocenters. The molecule has 0 fully saturated rings. The Labute approximate surface area is 57.4 Å². The highest BCUT2D eigenvalue weighted by Gasteiger charge is 2.31. The van der Waals surface area contributed by atoms with Crippen LogP contribution in [0.25, 0.3) is 0 Å². The average molecular weight is 150 g/mol. The summed E-state index contributed by atoms with van der Waals surface area (Å²) in [4.78, 5) is 9.18. The van der Waals surface area contributed by atoms with Crippen LogP contribution in [-0.2, 0) is 0 Å². The van der Waals surface area contributed by atoms with Gasteiger partial charge in [-0.25, -0.2) is 0 Å². The van der Waals surface area contributed by atoms with Crippen molar-refractivity contribution in [3.05, 3.63) is 10.1 Å². The van der Waals surface area contributed by atoms with Crippen LogP contribution >= 0.6 is 0 Å². The fourth-order valence-corrected chi connectivity index (χ4v) is 0.586. The van der Waals surface area contributed by atoms with Crippen molar-refractivity contribution in [2.24, 2.45) is 5.73 Å². The topological polar surface area (TPSA) is 110 Å². The third-order valence-electron chi connectivity index (χ3n) is 1.09. The Balaban J connectivity index is 4.12. The van der Waals surface area contributed by atoms with Crippen LogP contribution in [0.4, 0.5) is 0 Å². The van der Waals surface area contributed by atoms with Crippen LogP contribution in [0.2, 0.25) is 0 Å². The van der Waals surface area contributed by atoms with Gasteiger partial charge in [-0.15, -0.1) is 0 Å². The second-order valence-electron chi connectivity index (χ2n) is 2.01. The molecule has 6 nitrogen and oxygen atoms in total. The normalized spacial score (nSPS) is 19.6. The Bertz CT molecular complexity index is 116. The van der Waals surface area contributed by atoms with E-state index in [1.807, 2.05) is 0 Å². The zero-order chi connectivity index (χ0) is 8.31. The highest BCUT2D eigenvalue weighted by Crippen LogP contribution is 1.99. The second kappa shape index (κ2) is 3.45. The predicted molar refractivity (Wildman–Crippen MR) is 32.7 cm³/mol. The molecular formula is C4H10N2O4. The fraction of sp³-hybridized carbons (Fsp3) is 1.00. The Morgan fingerprint density at radius 3 is 2.00 bits per heavy atom. The molecule has 0 aliphatic carbocycles. The van der Waals surface area contributed by atoms with Crippen molar-refractivity contribution < 1.29 is 15.1 Å². The van der Waals surface area contributed by atoms with E-state index in [0.717, 1.165) is 0 Å². The second-order valence-corrected chi connectivity index (χ2v) is 2.01. The summed E-state index contributed by atoms with van der Waals surface area (Å²) in [5.74, 6) is 0. The monoisotopic (exact) mass is 150 g/mol. The molecule has 0 aromatic carbocycles. The summed E-state index contributed by atoms with van der Waals surface area (Å²) in [7, 11) is 0. The molecule has 0 spiro atoms. The Morgan fingerprint density at radius 1 is 1.60 bits per heavy atom. The van der Waals surface area contributed by atoms with Crippen LogP contribution < -0.4 is 5.73 Å². The Kier molecular flexibility index (Phi) is 3.20. The van der Waals surface area contributed by atoms with Crippen molar-refractivity contribution in [2.75, 3.05) is 0 Å². The van der Waals surface area contributed by atoms with Crippen molar-refractivity contribution in [3.63, 3.8) is 0 Å². The van der Waals surface area contributed by atoms with Crippen LogP contribution in [0.5, 0.6) is 0 Å². The van der Waals surface area contributed by atoms with Gasteiger partial charge in [0.15, 0.2) is 6.23 Å². The van der Waals surface area contributed by atoms with Crippen molar-refractivity contribution >= 4 is 0 Å². The van der Waals surface area contributed by atoms with Crippen LogP contribution in [0.3, 0.4) is 0 Å². The maximum Gasteiger partial charge on any atom is 0.276 e. The molecule has 0 aliphatic heterocycles. The molecular weight excluding hydrogens is 140 g/mol. The van der Waals surface area contributed by atoms with E-state index in [-0.39, 0.29) is 0 Å². The molecule has 3 atom stereocenters. The zero-order valence-electron chi connectivity index (χ0n) is 5.47. The van der Waals surface area contributed by atoms with Gasteiger partial charge in [0.25, 0.3) is 6.04 Å². The van der Waals surface area contributed by atoms with Crippen LogP contribution in [0, 0.1) is 10.1 Å². The number of hydrogen-bond acceptors (Lipinski definition) is 5. The summed E-state index contributed by atoms with van der Waals surface area (Å²) in [5, 5.41) is 27.2. The molecule has 0 amide bonds. The van der Waals surface area contributed by atoms with E-state index in [4.69, 9.17) is 15.9 Å². The summed E-state index contributed by atoms with van der Waals surface area (Å²) in [6.45, 7) is 1.20. The number of rotatable bonds is 3.